The van der Waals surface area contributed by atoms with Gasteiger partial charge in [0.1, 0.15) is 0 Å². The molecule has 0 radical (unpaired) electrons. The molecule has 2 N–H and O–H groups in total. The van der Waals surface area contributed by atoms with Crippen molar-refractivity contribution in [2.75, 3.05) is 45.9 Å². The summed E-state index contributed by atoms with van der Waals surface area (Å²) in [6, 6.07) is -0.137. The SMILES string of the molecule is CC1COC(CO)CN1C(=O)C(=O)N1CCNCC1. The molecule has 19 heavy (non-hydrogen) atoms. The lowest BCUT2D eigenvalue weighted by Crippen LogP contribution is -2.58. The number of hydrogen-bond acceptors (Lipinski definition) is 5. The van der Waals surface area contributed by atoms with Gasteiger partial charge in [0, 0.05) is 32.7 Å². The standard InChI is InChI=1S/C12H21N3O4/c1-9-8-19-10(7-16)6-15(9)12(18)11(17)14-4-2-13-3-5-14/h9-10,13,16H,2-8H2,1H3. The molecule has 2 heterocycles. The van der Waals surface area contributed by atoms with Gasteiger partial charge < -0.3 is 25.0 Å². The van der Waals surface area contributed by atoms with Crippen molar-refractivity contribution in [3.63, 3.8) is 0 Å². The molecule has 7 nitrogen and oxygen atoms in total. The van der Waals surface area contributed by atoms with E-state index in [1.165, 1.54) is 4.90 Å². The molecular weight excluding hydrogens is 250 g/mol. The lowest BCUT2D eigenvalue weighted by Gasteiger charge is -2.38. The summed E-state index contributed by atoms with van der Waals surface area (Å²) in [6.07, 6.45) is -0.393. The molecule has 0 aliphatic carbocycles. The van der Waals surface area contributed by atoms with Crippen LogP contribution < -0.4 is 5.32 Å². The minimum absolute atomic E-state index is 0.137. The smallest absolute Gasteiger partial charge is 0.312 e. The van der Waals surface area contributed by atoms with Crippen molar-refractivity contribution in [1.29, 1.82) is 0 Å². The summed E-state index contributed by atoms with van der Waals surface area (Å²) in [5.41, 5.74) is 0. The highest BCUT2D eigenvalue weighted by atomic mass is 16.5. The number of aliphatic hydroxyl groups is 1. The van der Waals surface area contributed by atoms with Crippen molar-refractivity contribution in [1.82, 2.24) is 15.1 Å². The number of nitrogens with one attached hydrogen (secondary N) is 1. The summed E-state index contributed by atoms with van der Waals surface area (Å²) in [5, 5.41) is 12.2. The lowest BCUT2D eigenvalue weighted by atomic mass is 10.2. The molecule has 0 aromatic rings. The van der Waals surface area contributed by atoms with Gasteiger partial charge in [-0.2, -0.15) is 0 Å². The second kappa shape index (κ2) is 6.31. The molecule has 2 aliphatic heterocycles. The number of piperazine rings is 1. The molecule has 2 atom stereocenters. The maximum Gasteiger partial charge on any atom is 0.312 e. The van der Waals surface area contributed by atoms with Crippen LogP contribution in [0.15, 0.2) is 0 Å². The Morgan fingerprint density at radius 2 is 2.00 bits per heavy atom. The number of carbonyl (C=O) groups excluding carboxylic acids is 2. The van der Waals surface area contributed by atoms with Gasteiger partial charge in [-0.1, -0.05) is 0 Å². The number of rotatable bonds is 1. The van der Waals surface area contributed by atoms with Gasteiger partial charge in [0.25, 0.3) is 0 Å². The highest BCUT2D eigenvalue weighted by Gasteiger charge is 2.35. The van der Waals surface area contributed by atoms with Gasteiger partial charge in [-0.3, -0.25) is 9.59 Å². The molecule has 2 amide bonds. The second-order valence-corrected chi connectivity index (χ2v) is 4.99. The highest BCUT2D eigenvalue weighted by molar-refractivity contribution is 6.35. The van der Waals surface area contributed by atoms with Crippen LogP contribution in [0.4, 0.5) is 0 Å². The number of morpholine rings is 1. The summed E-state index contributed by atoms with van der Waals surface area (Å²) in [6.45, 7) is 4.89. The summed E-state index contributed by atoms with van der Waals surface area (Å²) in [5.74, 6) is -0.942. The molecule has 0 aromatic carbocycles. The van der Waals surface area contributed by atoms with Crippen LogP contribution in [0.25, 0.3) is 0 Å². The van der Waals surface area contributed by atoms with E-state index in [0.29, 0.717) is 19.7 Å². The van der Waals surface area contributed by atoms with E-state index >= 15 is 0 Å². The molecule has 2 aliphatic rings. The van der Waals surface area contributed by atoms with E-state index in [1.54, 1.807) is 4.90 Å². The third-order valence-electron chi connectivity index (χ3n) is 3.56. The summed E-state index contributed by atoms with van der Waals surface area (Å²) in [4.78, 5) is 27.5. The van der Waals surface area contributed by atoms with Crippen molar-refractivity contribution in [2.24, 2.45) is 0 Å². The number of hydrogen-bond donors (Lipinski definition) is 2. The van der Waals surface area contributed by atoms with E-state index in [0.717, 1.165) is 13.1 Å². The Morgan fingerprint density at radius 1 is 1.32 bits per heavy atom. The fourth-order valence-corrected chi connectivity index (χ4v) is 2.34. The Kier molecular flexibility index (Phi) is 4.73. The second-order valence-electron chi connectivity index (χ2n) is 4.99. The normalized spacial score (nSPS) is 28.3. The van der Waals surface area contributed by atoms with Crippen LogP contribution in [0, 0.1) is 0 Å². The first-order valence-electron chi connectivity index (χ1n) is 6.66. The monoisotopic (exact) mass is 271 g/mol. The summed E-state index contributed by atoms with van der Waals surface area (Å²) in [7, 11) is 0. The zero-order chi connectivity index (χ0) is 13.8. The number of ether oxygens (including phenoxy) is 1. The van der Waals surface area contributed by atoms with Gasteiger partial charge in [0.05, 0.1) is 25.4 Å². The largest absolute Gasteiger partial charge is 0.394 e. The van der Waals surface area contributed by atoms with Crippen molar-refractivity contribution < 1.29 is 19.4 Å². The molecule has 2 unspecified atom stereocenters. The van der Waals surface area contributed by atoms with E-state index in [2.05, 4.69) is 5.32 Å². The zero-order valence-corrected chi connectivity index (χ0v) is 11.2. The predicted octanol–water partition coefficient (Wildman–Crippen LogP) is -1.97. The van der Waals surface area contributed by atoms with E-state index in [1.807, 2.05) is 6.92 Å². The average Bonchev–Trinajstić information content (AvgIpc) is 2.47. The Morgan fingerprint density at radius 3 is 2.63 bits per heavy atom. The number of nitrogens with zero attached hydrogens (tertiary/aromatic N) is 2. The highest BCUT2D eigenvalue weighted by Crippen LogP contribution is 2.12. The van der Waals surface area contributed by atoms with E-state index < -0.39 is 17.9 Å². The minimum Gasteiger partial charge on any atom is -0.394 e. The van der Waals surface area contributed by atoms with Crippen molar-refractivity contribution in [3.05, 3.63) is 0 Å². The first kappa shape index (κ1) is 14.2. The first-order valence-corrected chi connectivity index (χ1v) is 6.66. The van der Waals surface area contributed by atoms with Gasteiger partial charge in [0.15, 0.2) is 0 Å². The van der Waals surface area contributed by atoms with Crippen molar-refractivity contribution in [3.8, 4) is 0 Å². The fourth-order valence-electron chi connectivity index (χ4n) is 2.34. The van der Waals surface area contributed by atoms with Crippen LogP contribution in [0.1, 0.15) is 6.92 Å². The van der Waals surface area contributed by atoms with Gasteiger partial charge >= 0.3 is 11.8 Å². The quantitative estimate of drug-likeness (QED) is 0.541. The van der Waals surface area contributed by atoms with E-state index in [9.17, 15) is 9.59 Å². The molecule has 0 spiro atoms. The van der Waals surface area contributed by atoms with Gasteiger partial charge in [-0.15, -0.1) is 0 Å². The van der Waals surface area contributed by atoms with Gasteiger partial charge in [-0.05, 0) is 6.92 Å². The fraction of sp³-hybridized carbons (Fsp3) is 0.833. The van der Waals surface area contributed by atoms with Crippen LogP contribution in [-0.4, -0.2) is 84.8 Å². The topological polar surface area (TPSA) is 82.1 Å². The van der Waals surface area contributed by atoms with Crippen LogP contribution in [0.3, 0.4) is 0 Å². The van der Waals surface area contributed by atoms with Gasteiger partial charge in [-0.25, -0.2) is 0 Å². The Bertz CT molecular complexity index is 344. The Balaban J connectivity index is 1.98. The maximum absolute atomic E-state index is 12.2. The van der Waals surface area contributed by atoms with Crippen molar-refractivity contribution in [2.45, 2.75) is 19.1 Å². The van der Waals surface area contributed by atoms with Crippen LogP contribution >= 0.6 is 0 Å². The zero-order valence-electron chi connectivity index (χ0n) is 11.2. The molecule has 2 saturated heterocycles. The summed E-state index contributed by atoms with van der Waals surface area (Å²) < 4.78 is 5.37. The Labute approximate surface area is 112 Å². The Hall–Kier alpha value is -1.18. The van der Waals surface area contributed by atoms with Crippen LogP contribution in [0.2, 0.25) is 0 Å². The first-order chi connectivity index (χ1) is 9.13. The maximum atomic E-state index is 12.2. The number of carbonyl (C=O) groups is 2. The predicted molar refractivity (Wildman–Crippen MR) is 67.5 cm³/mol. The molecule has 0 aromatic heterocycles. The van der Waals surface area contributed by atoms with E-state index in [4.69, 9.17) is 9.84 Å². The molecule has 108 valence electrons. The lowest BCUT2D eigenvalue weighted by molar-refractivity contribution is -0.160. The molecule has 2 rings (SSSR count). The molecule has 2 fully saturated rings. The molecular formula is C12H21N3O4. The third kappa shape index (κ3) is 3.23. The average molecular weight is 271 g/mol. The van der Waals surface area contributed by atoms with Crippen molar-refractivity contribution >= 4 is 11.8 Å². The molecule has 0 saturated carbocycles. The third-order valence-corrected chi connectivity index (χ3v) is 3.56. The molecule has 0 bridgehead atoms. The summed E-state index contributed by atoms with van der Waals surface area (Å²) >= 11 is 0. The minimum atomic E-state index is -0.490. The van der Waals surface area contributed by atoms with Gasteiger partial charge in [0.2, 0.25) is 0 Å². The van der Waals surface area contributed by atoms with E-state index in [-0.39, 0.29) is 19.2 Å². The number of aliphatic hydroxyl groups excluding tert-OH is 1. The molecule has 7 heteroatoms. The number of amides is 2. The van der Waals surface area contributed by atoms with Crippen LogP contribution in [0.5, 0.6) is 0 Å². The van der Waals surface area contributed by atoms with Crippen LogP contribution in [-0.2, 0) is 14.3 Å².